The molecule has 0 unspecified atom stereocenters. The molecule has 0 aromatic rings. The lowest BCUT2D eigenvalue weighted by Gasteiger charge is -2.66. The first-order chi connectivity index (χ1) is 14.0. The second-order valence-electron chi connectivity index (χ2n) is 11.6. The number of carbonyl (C=O) groups excluding carboxylic acids is 2. The van der Waals surface area contributed by atoms with E-state index >= 15 is 0 Å². The highest BCUT2D eigenvalue weighted by molar-refractivity contribution is 5.78. The average Bonchev–Trinajstić information content (AvgIpc) is 3.10. The molecule has 6 aliphatic carbocycles. The summed E-state index contributed by atoms with van der Waals surface area (Å²) in [7, 11) is 0. The van der Waals surface area contributed by atoms with Crippen molar-refractivity contribution in [2.75, 3.05) is 6.61 Å². The Hall–Kier alpha value is -1.59. The van der Waals surface area contributed by atoms with Crippen molar-refractivity contribution >= 4 is 17.9 Å². The molecule has 6 heteroatoms. The van der Waals surface area contributed by atoms with Crippen molar-refractivity contribution in [3.8, 4) is 0 Å². The molecule has 166 valence electrons. The maximum Gasteiger partial charge on any atom is 0.317 e. The van der Waals surface area contributed by atoms with Gasteiger partial charge in [0.2, 0.25) is 0 Å². The molecular formula is C24H34O6. The zero-order valence-electron chi connectivity index (χ0n) is 18.5. The van der Waals surface area contributed by atoms with Crippen molar-refractivity contribution in [3.05, 3.63) is 0 Å². The minimum Gasteiger partial charge on any atom is -0.481 e. The van der Waals surface area contributed by atoms with Crippen LogP contribution in [-0.4, -0.2) is 35.7 Å². The van der Waals surface area contributed by atoms with E-state index in [1.807, 2.05) is 0 Å². The summed E-state index contributed by atoms with van der Waals surface area (Å²) in [6.45, 7) is 7.15. The third-order valence-corrected chi connectivity index (χ3v) is 10.5. The van der Waals surface area contributed by atoms with Gasteiger partial charge in [-0.05, 0) is 84.9 Å². The molecule has 0 aromatic heterocycles. The number of carbonyl (C=O) groups is 3. The summed E-state index contributed by atoms with van der Waals surface area (Å²) in [5, 5.41) is 10.5. The first-order valence-electron chi connectivity index (χ1n) is 11.5. The lowest BCUT2D eigenvalue weighted by Crippen LogP contribution is -2.66. The van der Waals surface area contributed by atoms with Gasteiger partial charge in [0.15, 0.2) is 0 Å². The number of esters is 2. The molecule has 0 aromatic carbocycles. The molecule has 0 amide bonds. The smallest absolute Gasteiger partial charge is 0.317 e. The number of carboxylic acid groups (broad SMARTS) is 1. The fourth-order valence-electron chi connectivity index (χ4n) is 9.46. The average molecular weight is 419 g/mol. The molecule has 9 atom stereocenters. The Morgan fingerprint density at radius 1 is 0.967 bits per heavy atom. The molecule has 6 fully saturated rings. The van der Waals surface area contributed by atoms with Crippen LogP contribution in [-0.2, 0) is 23.9 Å². The third kappa shape index (κ3) is 2.34. The minimum atomic E-state index is -1.38. The molecular weight excluding hydrogens is 384 g/mol. The second-order valence-corrected chi connectivity index (χ2v) is 11.6. The molecule has 0 saturated heterocycles. The number of carboxylic acids is 1. The van der Waals surface area contributed by atoms with Crippen LogP contribution in [0.4, 0.5) is 0 Å². The zero-order valence-corrected chi connectivity index (χ0v) is 18.5. The van der Waals surface area contributed by atoms with E-state index in [9.17, 15) is 19.5 Å². The van der Waals surface area contributed by atoms with E-state index in [1.165, 1.54) is 33.1 Å². The molecule has 6 rings (SSSR count). The predicted molar refractivity (Wildman–Crippen MR) is 107 cm³/mol. The van der Waals surface area contributed by atoms with Gasteiger partial charge >= 0.3 is 17.9 Å². The first-order valence-corrected chi connectivity index (χ1v) is 11.5. The fourth-order valence-corrected chi connectivity index (χ4v) is 9.46. The van der Waals surface area contributed by atoms with Gasteiger partial charge in [0.25, 0.3) is 0 Å². The number of rotatable bonds is 4. The van der Waals surface area contributed by atoms with Crippen LogP contribution in [0.5, 0.6) is 0 Å². The molecule has 4 bridgehead atoms. The van der Waals surface area contributed by atoms with E-state index in [0.29, 0.717) is 23.2 Å². The number of fused-ring (bicyclic) bond motifs is 1. The molecule has 0 radical (unpaired) electrons. The predicted octanol–water partition coefficient (Wildman–Crippen LogP) is 3.81. The number of ether oxygens (including phenoxy) is 2. The lowest BCUT2D eigenvalue weighted by atomic mass is 9.39. The van der Waals surface area contributed by atoms with Crippen molar-refractivity contribution < 1.29 is 29.0 Å². The van der Waals surface area contributed by atoms with E-state index in [4.69, 9.17) is 9.47 Å². The zero-order chi connectivity index (χ0) is 21.7. The van der Waals surface area contributed by atoms with E-state index < -0.39 is 29.4 Å². The van der Waals surface area contributed by atoms with Gasteiger partial charge in [0, 0.05) is 13.8 Å². The molecule has 30 heavy (non-hydrogen) atoms. The highest BCUT2D eigenvalue weighted by Gasteiger charge is 2.79. The van der Waals surface area contributed by atoms with E-state index in [2.05, 4.69) is 13.8 Å². The lowest BCUT2D eigenvalue weighted by molar-refractivity contribution is -0.230. The first kappa shape index (κ1) is 20.3. The summed E-state index contributed by atoms with van der Waals surface area (Å²) >= 11 is 0. The third-order valence-electron chi connectivity index (χ3n) is 10.5. The largest absolute Gasteiger partial charge is 0.481 e. The number of aliphatic carboxylic acids is 1. The summed E-state index contributed by atoms with van der Waals surface area (Å²) < 4.78 is 11.0. The van der Waals surface area contributed by atoms with Gasteiger partial charge in [-0.3, -0.25) is 14.4 Å². The minimum absolute atomic E-state index is 0.137. The summed E-state index contributed by atoms with van der Waals surface area (Å²) in [6, 6.07) is 0. The normalized spacial score (nSPS) is 52.6. The topological polar surface area (TPSA) is 89.9 Å². The van der Waals surface area contributed by atoms with Gasteiger partial charge in [-0.25, -0.2) is 0 Å². The Morgan fingerprint density at radius 3 is 2.27 bits per heavy atom. The van der Waals surface area contributed by atoms with Crippen molar-refractivity contribution in [3.63, 3.8) is 0 Å². The molecule has 1 N–H and O–H groups in total. The van der Waals surface area contributed by atoms with Gasteiger partial charge in [-0.1, -0.05) is 13.8 Å². The summed E-state index contributed by atoms with van der Waals surface area (Å²) in [5.74, 6) is 0.0334. The number of hydrogen-bond donors (Lipinski definition) is 1. The van der Waals surface area contributed by atoms with E-state index in [-0.39, 0.29) is 17.9 Å². The van der Waals surface area contributed by atoms with Crippen LogP contribution < -0.4 is 0 Å². The van der Waals surface area contributed by atoms with Crippen molar-refractivity contribution in [2.45, 2.75) is 78.7 Å². The highest BCUT2D eigenvalue weighted by Crippen LogP contribution is 2.85. The fraction of sp³-hybridized carbons (Fsp3) is 0.875. The Bertz CT molecular complexity index is 823. The van der Waals surface area contributed by atoms with Crippen molar-refractivity contribution in [2.24, 2.45) is 45.3 Å². The highest BCUT2D eigenvalue weighted by atomic mass is 16.6. The molecule has 0 heterocycles. The Balaban J connectivity index is 1.55. The molecule has 6 saturated carbocycles. The van der Waals surface area contributed by atoms with Crippen LogP contribution in [0.1, 0.15) is 72.6 Å². The molecule has 6 aliphatic rings. The molecule has 6 nitrogen and oxygen atoms in total. The van der Waals surface area contributed by atoms with Crippen LogP contribution in [0.25, 0.3) is 0 Å². The summed E-state index contributed by atoms with van der Waals surface area (Å²) in [4.78, 5) is 36.4. The maximum atomic E-state index is 12.9. The van der Waals surface area contributed by atoms with Crippen molar-refractivity contribution in [1.29, 1.82) is 0 Å². The van der Waals surface area contributed by atoms with E-state index in [0.717, 1.165) is 31.1 Å². The van der Waals surface area contributed by atoms with Crippen LogP contribution in [0, 0.1) is 45.3 Å². The second kappa shape index (κ2) is 6.01. The maximum absolute atomic E-state index is 12.9. The van der Waals surface area contributed by atoms with Gasteiger partial charge in [0.05, 0.1) is 0 Å². The summed E-state index contributed by atoms with van der Waals surface area (Å²) in [5.41, 5.74) is -0.642. The summed E-state index contributed by atoms with van der Waals surface area (Å²) in [6.07, 6.45) is 6.25. The Morgan fingerprint density at radius 2 is 1.70 bits per heavy atom. The van der Waals surface area contributed by atoms with Crippen LogP contribution in [0.3, 0.4) is 0 Å². The SMILES string of the molecule is CC(=O)OC[C@@]1(C(=O)O)[C@H](OC(C)=O)CC[C@@]2(C)[C@@H]3C[C@H]4[C@H]5C[C@]3(CC[C@@H]21)C[C@]54C. The van der Waals surface area contributed by atoms with Gasteiger partial charge in [-0.15, -0.1) is 0 Å². The molecule has 0 aliphatic heterocycles. The van der Waals surface area contributed by atoms with Gasteiger partial charge in [0.1, 0.15) is 18.1 Å². The molecule has 1 spiro atoms. The quantitative estimate of drug-likeness (QED) is 0.698. The van der Waals surface area contributed by atoms with Gasteiger partial charge in [-0.2, -0.15) is 0 Å². The monoisotopic (exact) mass is 418 g/mol. The number of hydrogen-bond acceptors (Lipinski definition) is 5. The Labute approximate surface area is 178 Å². The van der Waals surface area contributed by atoms with Crippen molar-refractivity contribution in [1.82, 2.24) is 0 Å². The van der Waals surface area contributed by atoms with E-state index in [1.54, 1.807) is 0 Å². The van der Waals surface area contributed by atoms with Crippen LogP contribution >= 0.6 is 0 Å². The van der Waals surface area contributed by atoms with Crippen LogP contribution in [0.2, 0.25) is 0 Å². The standard InChI is InChI=1S/C24H34O6/c1-13(25)29-12-24(20(27)28)17-5-8-23-10-16-15(22(16,4)11-23)9-18(23)21(17,3)7-6-19(24)30-14(2)26/h15-19H,5-12H2,1-4H3,(H,27,28)/t15-,16+,17-,18-,19+,21+,22-,23+,24-/m0/s1. The van der Waals surface area contributed by atoms with Crippen LogP contribution in [0.15, 0.2) is 0 Å². The van der Waals surface area contributed by atoms with Gasteiger partial charge < -0.3 is 14.6 Å². The Kier molecular flexibility index (Phi) is 4.07.